The topological polar surface area (TPSA) is 74.6 Å². The Hall–Kier alpha value is -1.67. The molecule has 4 nitrogen and oxygen atoms in total. The van der Waals surface area contributed by atoms with E-state index in [-0.39, 0.29) is 0 Å². The molecule has 7 heteroatoms. The average Bonchev–Trinajstić information content (AvgIpc) is 2.54. The van der Waals surface area contributed by atoms with Crippen molar-refractivity contribution in [2.75, 3.05) is 0 Å². The molecule has 0 saturated heterocycles. The van der Waals surface area contributed by atoms with E-state index in [4.69, 9.17) is 16.9 Å². The molecule has 23 heavy (non-hydrogen) atoms. The highest BCUT2D eigenvalue weighted by molar-refractivity contribution is 8.48. The van der Waals surface area contributed by atoms with Crippen LogP contribution in [-0.4, -0.2) is 27.8 Å². The Labute approximate surface area is 141 Å². The van der Waals surface area contributed by atoms with Crippen LogP contribution in [0.1, 0.15) is 6.42 Å². The second-order valence-corrected chi connectivity index (χ2v) is 12.1. The fourth-order valence-corrected chi connectivity index (χ4v) is 10.3. The maximum Gasteiger partial charge on any atom is 0.353 e. The molecule has 0 aliphatic heterocycles. The van der Waals surface area contributed by atoms with E-state index in [1.54, 1.807) is 0 Å². The molecule has 118 valence electrons. The Kier molecular flexibility index (Phi) is 6.35. The highest BCUT2D eigenvalue weighted by Crippen LogP contribution is 2.62. The van der Waals surface area contributed by atoms with Gasteiger partial charge in [-0.25, -0.2) is 4.79 Å². The number of carboxylic acid groups (broad SMARTS) is 2. The molecular formula is C16H15O4P2S+. The van der Waals surface area contributed by atoms with Gasteiger partial charge < -0.3 is 10.2 Å². The lowest BCUT2D eigenvalue weighted by Crippen LogP contribution is -2.22. The highest BCUT2D eigenvalue weighted by atomic mass is 32.6. The molecule has 0 spiro atoms. The summed E-state index contributed by atoms with van der Waals surface area (Å²) in [6, 6.07) is 19.1. The lowest BCUT2D eigenvalue weighted by Gasteiger charge is -2.13. The summed E-state index contributed by atoms with van der Waals surface area (Å²) in [5.41, 5.74) is -1.04. The number of carbonyl (C=O) groups is 2. The molecule has 0 aliphatic rings. The van der Waals surface area contributed by atoms with Crippen molar-refractivity contribution in [3.63, 3.8) is 0 Å². The van der Waals surface area contributed by atoms with Gasteiger partial charge in [0.25, 0.3) is 0 Å². The van der Waals surface area contributed by atoms with Gasteiger partial charge >= 0.3 is 11.9 Å². The van der Waals surface area contributed by atoms with Crippen molar-refractivity contribution in [3.8, 4) is 0 Å². The van der Waals surface area contributed by atoms with Crippen LogP contribution in [0.3, 0.4) is 0 Å². The number of aliphatic carboxylic acids is 2. The highest BCUT2D eigenvalue weighted by Gasteiger charge is 2.43. The molecule has 2 aromatic rings. The summed E-state index contributed by atoms with van der Waals surface area (Å²) in [7, 11) is -1.08. The van der Waals surface area contributed by atoms with Crippen LogP contribution in [0.4, 0.5) is 0 Å². The van der Waals surface area contributed by atoms with Gasteiger partial charge in [-0.2, -0.15) is 0 Å². The van der Waals surface area contributed by atoms with Gasteiger partial charge in [0.15, 0.2) is 19.4 Å². The van der Waals surface area contributed by atoms with Crippen molar-refractivity contribution in [2.24, 2.45) is 0 Å². The monoisotopic (exact) mass is 365 g/mol. The summed E-state index contributed by atoms with van der Waals surface area (Å²) in [4.78, 5) is 22.6. The van der Waals surface area contributed by atoms with Crippen LogP contribution in [0.5, 0.6) is 0 Å². The number of carboxylic acids is 2. The minimum absolute atomic E-state index is 0.441. The zero-order valence-electron chi connectivity index (χ0n) is 12.1. The number of rotatable bonds is 7. The first kappa shape index (κ1) is 17.7. The standard InChI is InChI=1S/C16H14O4P2S/c17-15(18)11-14(16(19)20)22(23)21(12-7-3-1-4-8-12)13-9-5-2-6-10-13/h1-10,14H,11H2,(H-,17,18,19,20)/p+1. The summed E-state index contributed by atoms with van der Waals surface area (Å²) >= 11 is 5.59. The zero-order valence-corrected chi connectivity index (χ0v) is 14.7. The number of hydrogen-bond acceptors (Lipinski definition) is 3. The predicted molar refractivity (Wildman–Crippen MR) is 97.0 cm³/mol. The van der Waals surface area contributed by atoms with Gasteiger partial charge in [0.2, 0.25) is 12.0 Å². The predicted octanol–water partition coefficient (Wildman–Crippen LogP) is 2.91. The smallest absolute Gasteiger partial charge is 0.353 e. The molecule has 2 atom stereocenters. The number of benzene rings is 2. The molecule has 2 N–H and O–H groups in total. The number of hydrogen-bond donors (Lipinski definition) is 2. The van der Waals surface area contributed by atoms with Crippen molar-refractivity contribution >= 4 is 48.4 Å². The minimum Gasteiger partial charge on any atom is -0.481 e. The van der Waals surface area contributed by atoms with Gasteiger partial charge in [-0.1, -0.05) is 60.7 Å². The van der Waals surface area contributed by atoms with Crippen LogP contribution in [0, 0.1) is 0 Å². The maximum absolute atomic E-state index is 11.5. The Morgan fingerprint density at radius 3 is 1.74 bits per heavy atom. The van der Waals surface area contributed by atoms with Crippen LogP contribution < -0.4 is 10.6 Å². The van der Waals surface area contributed by atoms with Gasteiger partial charge in [0.1, 0.15) is 6.42 Å². The van der Waals surface area contributed by atoms with Gasteiger partial charge in [-0.3, -0.25) is 4.79 Å². The molecule has 2 aromatic carbocycles. The first-order valence-corrected chi connectivity index (χ1v) is 11.3. The van der Waals surface area contributed by atoms with Crippen LogP contribution in [-0.2, 0) is 21.4 Å². The molecule has 2 rings (SSSR count). The van der Waals surface area contributed by atoms with Gasteiger partial charge in [0, 0.05) is 10.6 Å². The Balaban J connectivity index is 2.47. The fraction of sp³-hybridized carbons (Fsp3) is 0.125. The van der Waals surface area contributed by atoms with Gasteiger partial charge in [0.05, 0.1) is 0 Å². The van der Waals surface area contributed by atoms with E-state index in [0.717, 1.165) is 10.6 Å². The Bertz CT molecular complexity index is 667. The molecule has 0 fully saturated rings. The van der Waals surface area contributed by atoms with Crippen molar-refractivity contribution in [2.45, 2.75) is 12.1 Å². The molecule has 0 saturated carbocycles. The SMILES string of the molecule is O=C(O)CC(C(=O)O)[P+](=S)P(c1ccccc1)c1ccccc1. The van der Waals surface area contributed by atoms with E-state index < -0.39 is 38.0 Å². The quantitative estimate of drug-likeness (QED) is 0.738. The molecule has 0 amide bonds. The molecule has 0 bridgehead atoms. The molecule has 2 unspecified atom stereocenters. The normalized spacial score (nSPS) is 12.7. The molecule has 0 aliphatic carbocycles. The van der Waals surface area contributed by atoms with Crippen molar-refractivity contribution < 1.29 is 19.8 Å². The Morgan fingerprint density at radius 1 is 0.957 bits per heavy atom. The first-order valence-electron chi connectivity index (χ1n) is 6.82. The zero-order chi connectivity index (χ0) is 16.8. The summed E-state index contributed by atoms with van der Waals surface area (Å²) in [6.45, 7) is 0. The van der Waals surface area contributed by atoms with Crippen molar-refractivity contribution in [1.82, 2.24) is 0 Å². The third-order valence-corrected chi connectivity index (χ3v) is 11.7. The maximum atomic E-state index is 11.5. The van der Waals surface area contributed by atoms with Gasteiger partial charge in [-0.15, -0.1) is 0 Å². The summed E-state index contributed by atoms with van der Waals surface area (Å²) < 4.78 is 0. The van der Waals surface area contributed by atoms with E-state index >= 15 is 0 Å². The lowest BCUT2D eigenvalue weighted by molar-refractivity contribution is -0.143. The molecule has 0 radical (unpaired) electrons. The summed E-state index contributed by atoms with van der Waals surface area (Å²) in [6.07, 6.45) is -1.91. The van der Waals surface area contributed by atoms with Crippen LogP contribution in [0.2, 0.25) is 0 Å². The average molecular weight is 365 g/mol. The van der Waals surface area contributed by atoms with Crippen molar-refractivity contribution in [1.29, 1.82) is 0 Å². The summed E-state index contributed by atoms with van der Waals surface area (Å²) in [5, 5.41) is 20.4. The van der Waals surface area contributed by atoms with Crippen LogP contribution >= 0.6 is 14.0 Å². The third kappa shape index (κ3) is 4.65. The molecule has 0 heterocycles. The van der Waals surface area contributed by atoms with E-state index in [9.17, 15) is 14.7 Å². The van der Waals surface area contributed by atoms with E-state index in [1.807, 2.05) is 60.7 Å². The Morgan fingerprint density at radius 2 is 1.39 bits per heavy atom. The molecular weight excluding hydrogens is 350 g/mol. The van der Waals surface area contributed by atoms with E-state index in [1.165, 1.54) is 0 Å². The van der Waals surface area contributed by atoms with Crippen molar-refractivity contribution in [3.05, 3.63) is 60.7 Å². The fourth-order valence-electron chi connectivity index (χ4n) is 2.08. The van der Waals surface area contributed by atoms with Crippen LogP contribution in [0.15, 0.2) is 60.7 Å². The van der Waals surface area contributed by atoms with Crippen LogP contribution in [0.25, 0.3) is 0 Å². The minimum atomic E-state index is -1.46. The van der Waals surface area contributed by atoms with Gasteiger partial charge in [-0.05, 0) is 0 Å². The third-order valence-electron chi connectivity index (χ3n) is 3.12. The largest absolute Gasteiger partial charge is 0.481 e. The van der Waals surface area contributed by atoms with E-state index in [2.05, 4.69) is 0 Å². The summed E-state index contributed by atoms with van der Waals surface area (Å²) in [5.74, 6) is -2.27. The first-order chi connectivity index (χ1) is 11.0. The second kappa shape index (κ2) is 8.26. The second-order valence-electron chi connectivity index (χ2n) is 4.74. The lowest BCUT2D eigenvalue weighted by atomic mass is 10.3. The molecule has 0 aromatic heterocycles. The van der Waals surface area contributed by atoms with E-state index in [0.29, 0.717) is 0 Å².